The molecule has 164 valence electrons. The van der Waals surface area contributed by atoms with Crippen molar-refractivity contribution in [2.24, 2.45) is 0 Å². The number of imidazole rings is 1. The summed E-state index contributed by atoms with van der Waals surface area (Å²) in [5, 5.41) is 0. The van der Waals surface area contributed by atoms with E-state index in [-0.39, 0.29) is 0 Å². The third-order valence-corrected chi connectivity index (χ3v) is 6.05. The number of fused-ring (bicyclic) bond motifs is 1. The minimum Gasteiger partial charge on any atom is -0.484 e. The molecule has 0 N–H and O–H groups in total. The summed E-state index contributed by atoms with van der Waals surface area (Å²) in [6, 6.07) is 20.8. The van der Waals surface area contributed by atoms with Crippen LogP contribution in [0.5, 0.6) is 5.75 Å². The van der Waals surface area contributed by atoms with Crippen molar-refractivity contribution >= 4 is 11.0 Å². The first kappa shape index (κ1) is 20.9. The second-order valence-corrected chi connectivity index (χ2v) is 8.35. The first-order chi connectivity index (χ1) is 16.1. The van der Waals surface area contributed by atoms with E-state index in [0.717, 1.165) is 46.0 Å². The molecule has 33 heavy (non-hydrogen) atoms. The molecule has 5 aromatic rings. The van der Waals surface area contributed by atoms with Crippen LogP contribution in [0.4, 0.5) is 0 Å². The largest absolute Gasteiger partial charge is 0.484 e. The normalized spacial score (nSPS) is 11.1. The van der Waals surface area contributed by atoms with Gasteiger partial charge in [0.25, 0.3) is 0 Å². The molecule has 0 amide bonds. The van der Waals surface area contributed by atoms with Crippen LogP contribution in [0.3, 0.4) is 0 Å². The molecule has 0 spiro atoms. The van der Waals surface area contributed by atoms with E-state index in [1.807, 2.05) is 43.6 Å². The molecule has 0 aliphatic rings. The van der Waals surface area contributed by atoms with E-state index in [1.165, 1.54) is 16.7 Å². The maximum absolute atomic E-state index is 6.08. The van der Waals surface area contributed by atoms with Gasteiger partial charge >= 0.3 is 0 Å². The molecule has 0 bridgehead atoms. The zero-order valence-corrected chi connectivity index (χ0v) is 19.1. The second-order valence-electron chi connectivity index (χ2n) is 8.35. The topological polar surface area (TPSA) is 52.8 Å². The Morgan fingerprint density at radius 2 is 1.64 bits per heavy atom. The van der Waals surface area contributed by atoms with E-state index in [9.17, 15) is 0 Å². The maximum Gasteiger partial charge on any atom is 0.148 e. The van der Waals surface area contributed by atoms with Crippen LogP contribution in [0.15, 0.2) is 79.3 Å². The van der Waals surface area contributed by atoms with Gasteiger partial charge in [0.1, 0.15) is 18.2 Å². The summed E-state index contributed by atoms with van der Waals surface area (Å²) in [6.07, 6.45) is 5.40. The number of hydrogen-bond acceptors (Lipinski definition) is 4. The van der Waals surface area contributed by atoms with Gasteiger partial charge in [-0.1, -0.05) is 24.3 Å². The number of hydrogen-bond donors (Lipinski definition) is 0. The summed E-state index contributed by atoms with van der Waals surface area (Å²) in [5.74, 6) is 1.63. The smallest absolute Gasteiger partial charge is 0.148 e. The van der Waals surface area contributed by atoms with Crippen molar-refractivity contribution in [2.75, 3.05) is 0 Å². The van der Waals surface area contributed by atoms with Crippen LogP contribution in [0, 0.1) is 20.8 Å². The molecule has 0 radical (unpaired) electrons. The lowest BCUT2D eigenvalue weighted by Crippen LogP contribution is -2.10. The van der Waals surface area contributed by atoms with Gasteiger partial charge in [-0.15, -0.1) is 0 Å². The fourth-order valence-corrected chi connectivity index (χ4v) is 4.13. The summed E-state index contributed by atoms with van der Waals surface area (Å²) in [6.45, 7) is 7.40. The molecule has 5 nitrogen and oxygen atoms in total. The number of nitrogens with zero attached hydrogens (tertiary/aromatic N) is 4. The van der Waals surface area contributed by atoms with Gasteiger partial charge in [-0.2, -0.15) is 0 Å². The molecule has 0 aliphatic heterocycles. The quantitative estimate of drug-likeness (QED) is 0.327. The van der Waals surface area contributed by atoms with Gasteiger partial charge in [-0.25, -0.2) is 4.98 Å². The third-order valence-electron chi connectivity index (χ3n) is 6.05. The Balaban J connectivity index is 1.58. The molecule has 0 saturated carbocycles. The third kappa shape index (κ3) is 4.35. The molecule has 0 atom stereocenters. The number of rotatable bonds is 6. The average Bonchev–Trinajstić information content (AvgIpc) is 3.18. The van der Waals surface area contributed by atoms with Crippen molar-refractivity contribution in [1.29, 1.82) is 0 Å². The molecule has 0 saturated heterocycles. The van der Waals surface area contributed by atoms with Gasteiger partial charge in [-0.3, -0.25) is 9.97 Å². The van der Waals surface area contributed by atoms with Gasteiger partial charge < -0.3 is 9.30 Å². The van der Waals surface area contributed by atoms with Crippen LogP contribution in [-0.4, -0.2) is 19.5 Å². The minimum atomic E-state index is 0.370. The van der Waals surface area contributed by atoms with Crippen molar-refractivity contribution < 1.29 is 4.74 Å². The Morgan fingerprint density at radius 1 is 0.848 bits per heavy atom. The van der Waals surface area contributed by atoms with Gasteiger partial charge in [0.15, 0.2) is 0 Å². The highest BCUT2D eigenvalue weighted by atomic mass is 16.5. The van der Waals surface area contributed by atoms with Crippen LogP contribution in [0.25, 0.3) is 22.2 Å². The SMILES string of the molecule is Cc1ccc(OCc2nc3ccc(-c4ccncc4)cc3n2Cc2c(C)cccc2C)cn1. The summed E-state index contributed by atoms with van der Waals surface area (Å²) in [5.41, 5.74) is 9.15. The van der Waals surface area contributed by atoms with E-state index in [4.69, 9.17) is 9.72 Å². The minimum absolute atomic E-state index is 0.370. The molecule has 3 heterocycles. The van der Waals surface area contributed by atoms with E-state index >= 15 is 0 Å². The molecule has 0 unspecified atom stereocenters. The standard InChI is InChI=1S/C28H26N4O/c1-19-5-4-6-20(2)25(19)17-32-27-15-23(22-11-13-29-14-12-22)8-10-26(27)31-28(32)18-33-24-9-7-21(3)30-16-24/h4-16H,17-18H2,1-3H3. The van der Waals surface area contributed by atoms with Gasteiger partial charge in [0.2, 0.25) is 0 Å². The second kappa shape index (κ2) is 8.87. The lowest BCUT2D eigenvalue weighted by Gasteiger charge is -2.15. The molecular weight excluding hydrogens is 408 g/mol. The predicted octanol–water partition coefficient (Wildman–Crippen LogP) is 6.05. The maximum atomic E-state index is 6.08. The monoisotopic (exact) mass is 434 g/mol. The lowest BCUT2D eigenvalue weighted by atomic mass is 10.0. The molecule has 3 aromatic heterocycles. The fraction of sp³-hybridized carbons (Fsp3) is 0.179. The highest BCUT2D eigenvalue weighted by Crippen LogP contribution is 2.27. The Hall–Kier alpha value is -3.99. The van der Waals surface area contributed by atoms with Gasteiger partial charge in [-0.05, 0) is 85.0 Å². The summed E-state index contributed by atoms with van der Waals surface area (Å²) >= 11 is 0. The van der Waals surface area contributed by atoms with Crippen molar-refractivity contribution in [3.8, 4) is 16.9 Å². The number of aromatic nitrogens is 4. The molecule has 5 rings (SSSR count). The molecule has 0 aliphatic carbocycles. The highest BCUT2D eigenvalue weighted by molar-refractivity contribution is 5.82. The summed E-state index contributed by atoms with van der Waals surface area (Å²) < 4.78 is 8.35. The number of pyridine rings is 2. The van der Waals surface area contributed by atoms with Crippen LogP contribution in [0.1, 0.15) is 28.2 Å². The van der Waals surface area contributed by atoms with Crippen molar-refractivity contribution in [2.45, 2.75) is 33.9 Å². The average molecular weight is 435 g/mol. The Kier molecular flexibility index (Phi) is 5.61. The van der Waals surface area contributed by atoms with E-state index < -0.39 is 0 Å². The molecule has 5 heteroatoms. The summed E-state index contributed by atoms with van der Waals surface area (Å²) in [4.78, 5) is 13.4. The lowest BCUT2D eigenvalue weighted by molar-refractivity contribution is 0.290. The molecular formula is C28H26N4O. The van der Waals surface area contributed by atoms with Crippen LogP contribution in [0.2, 0.25) is 0 Å². The number of aryl methyl sites for hydroxylation is 3. The van der Waals surface area contributed by atoms with Crippen molar-refractivity contribution in [3.63, 3.8) is 0 Å². The molecule has 2 aromatic carbocycles. The first-order valence-corrected chi connectivity index (χ1v) is 11.1. The van der Waals surface area contributed by atoms with E-state index in [0.29, 0.717) is 6.61 Å². The predicted molar refractivity (Wildman–Crippen MR) is 131 cm³/mol. The Morgan fingerprint density at radius 3 is 2.36 bits per heavy atom. The number of benzene rings is 2. The molecule has 0 fully saturated rings. The number of ether oxygens (including phenoxy) is 1. The van der Waals surface area contributed by atoms with Crippen LogP contribution in [-0.2, 0) is 13.2 Å². The van der Waals surface area contributed by atoms with E-state index in [1.54, 1.807) is 6.20 Å². The summed E-state index contributed by atoms with van der Waals surface area (Å²) in [7, 11) is 0. The van der Waals surface area contributed by atoms with Crippen molar-refractivity contribution in [3.05, 3.63) is 107 Å². The Labute approximate surface area is 193 Å². The zero-order chi connectivity index (χ0) is 22.8. The van der Waals surface area contributed by atoms with Gasteiger partial charge in [0.05, 0.1) is 17.2 Å². The highest BCUT2D eigenvalue weighted by Gasteiger charge is 2.15. The fourth-order valence-electron chi connectivity index (χ4n) is 4.13. The van der Waals surface area contributed by atoms with Crippen molar-refractivity contribution in [1.82, 2.24) is 19.5 Å². The van der Waals surface area contributed by atoms with Crippen LogP contribution < -0.4 is 4.74 Å². The first-order valence-electron chi connectivity index (χ1n) is 11.1. The van der Waals surface area contributed by atoms with Gasteiger partial charge in [0, 0.05) is 24.6 Å². The van der Waals surface area contributed by atoms with E-state index in [2.05, 4.69) is 64.8 Å². The van der Waals surface area contributed by atoms with Crippen LogP contribution >= 0.6 is 0 Å². The Bertz CT molecular complexity index is 1390. The zero-order valence-electron chi connectivity index (χ0n) is 19.1.